The van der Waals surface area contributed by atoms with Crippen molar-refractivity contribution < 1.29 is 4.79 Å². The molecule has 0 N–H and O–H groups in total. The molecule has 0 aromatic carbocycles. The second kappa shape index (κ2) is 6.78. The number of allylic oxidation sites excluding steroid dienone is 1. The van der Waals surface area contributed by atoms with Crippen LogP contribution in [0.5, 0.6) is 0 Å². The molecule has 2 heteroatoms. The molecular weight excluding hydrogens is 246 g/mol. The van der Waals surface area contributed by atoms with E-state index in [1.165, 1.54) is 38.5 Å². The van der Waals surface area contributed by atoms with Crippen molar-refractivity contribution in [2.24, 2.45) is 11.3 Å². The summed E-state index contributed by atoms with van der Waals surface area (Å²) >= 11 is 0. The highest BCUT2D eigenvalue weighted by atomic mass is 16.2. The molecule has 2 nitrogen and oxygen atoms in total. The van der Waals surface area contributed by atoms with Gasteiger partial charge in [0.15, 0.2) is 0 Å². The maximum absolute atomic E-state index is 13.2. The van der Waals surface area contributed by atoms with Crippen LogP contribution in [0.1, 0.15) is 71.6 Å². The van der Waals surface area contributed by atoms with E-state index in [-0.39, 0.29) is 5.41 Å². The molecule has 2 rings (SSSR count). The second-order valence-electron chi connectivity index (χ2n) is 6.73. The number of hydrogen-bond acceptors (Lipinski definition) is 1. The van der Waals surface area contributed by atoms with Crippen molar-refractivity contribution in [3.05, 3.63) is 12.7 Å². The lowest BCUT2D eigenvalue weighted by atomic mass is 9.74. The fourth-order valence-corrected chi connectivity index (χ4v) is 4.39. The van der Waals surface area contributed by atoms with Gasteiger partial charge in [0.1, 0.15) is 0 Å². The Bertz CT molecular complexity index is 343. The van der Waals surface area contributed by atoms with E-state index in [0.29, 0.717) is 11.9 Å². The minimum Gasteiger partial charge on any atom is -0.339 e. The Kier molecular flexibility index (Phi) is 5.29. The van der Waals surface area contributed by atoms with Crippen LogP contribution < -0.4 is 0 Å². The Morgan fingerprint density at radius 1 is 1.20 bits per heavy atom. The number of nitrogens with zero attached hydrogens (tertiary/aromatic N) is 1. The predicted octanol–water partition coefficient (Wildman–Crippen LogP) is 4.55. The lowest BCUT2D eigenvalue weighted by Gasteiger charge is -2.47. The van der Waals surface area contributed by atoms with Gasteiger partial charge in [-0.15, -0.1) is 6.58 Å². The first-order valence-corrected chi connectivity index (χ1v) is 8.60. The van der Waals surface area contributed by atoms with Gasteiger partial charge >= 0.3 is 0 Å². The topological polar surface area (TPSA) is 20.3 Å². The zero-order valence-electron chi connectivity index (χ0n) is 13.4. The van der Waals surface area contributed by atoms with Crippen LogP contribution in [-0.2, 0) is 4.79 Å². The van der Waals surface area contributed by atoms with Gasteiger partial charge in [0.25, 0.3) is 0 Å². The largest absolute Gasteiger partial charge is 0.339 e. The van der Waals surface area contributed by atoms with Gasteiger partial charge in [-0.2, -0.15) is 0 Å². The summed E-state index contributed by atoms with van der Waals surface area (Å²) in [5, 5.41) is 0. The molecule has 0 aromatic rings. The van der Waals surface area contributed by atoms with Gasteiger partial charge in [-0.05, 0) is 50.9 Å². The summed E-state index contributed by atoms with van der Waals surface area (Å²) < 4.78 is 0. The highest BCUT2D eigenvalue weighted by molar-refractivity contribution is 5.83. The van der Waals surface area contributed by atoms with Gasteiger partial charge in [0.2, 0.25) is 5.91 Å². The lowest BCUT2D eigenvalue weighted by molar-refractivity contribution is -0.149. The van der Waals surface area contributed by atoms with Crippen LogP contribution in [0, 0.1) is 11.3 Å². The van der Waals surface area contributed by atoms with E-state index in [1.54, 1.807) is 0 Å². The van der Waals surface area contributed by atoms with Gasteiger partial charge < -0.3 is 4.90 Å². The highest BCUT2D eigenvalue weighted by Crippen LogP contribution is 2.40. The first kappa shape index (κ1) is 15.6. The van der Waals surface area contributed by atoms with Crippen LogP contribution in [0.3, 0.4) is 0 Å². The molecule has 0 bridgehead atoms. The quantitative estimate of drug-likeness (QED) is 0.675. The Hall–Kier alpha value is -0.790. The van der Waals surface area contributed by atoms with Gasteiger partial charge in [-0.3, -0.25) is 4.79 Å². The SMILES string of the molecule is C=CCC(CC)(CC)C(=O)N1CCCC2CCCCC21. The number of carbonyl (C=O) groups excluding carboxylic acids is 1. The molecule has 1 heterocycles. The summed E-state index contributed by atoms with van der Waals surface area (Å²) in [6.07, 6.45) is 12.4. The number of amides is 1. The molecule has 1 aliphatic carbocycles. The van der Waals surface area contributed by atoms with Crippen molar-refractivity contribution in [1.29, 1.82) is 0 Å². The second-order valence-corrected chi connectivity index (χ2v) is 6.73. The van der Waals surface area contributed by atoms with E-state index in [0.717, 1.165) is 31.7 Å². The van der Waals surface area contributed by atoms with Crippen molar-refractivity contribution in [3.8, 4) is 0 Å². The van der Waals surface area contributed by atoms with Crippen LogP contribution in [0.25, 0.3) is 0 Å². The molecule has 0 aromatic heterocycles. The van der Waals surface area contributed by atoms with Crippen molar-refractivity contribution in [2.45, 2.75) is 77.7 Å². The van der Waals surface area contributed by atoms with E-state index in [4.69, 9.17) is 0 Å². The third-order valence-corrected chi connectivity index (χ3v) is 5.85. The molecular formula is C18H31NO. The molecule has 1 aliphatic heterocycles. The number of hydrogen-bond donors (Lipinski definition) is 0. The van der Waals surface area contributed by atoms with E-state index in [2.05, 4.69) is 25.3 Å². The third kappa shape index (κ3) is 2.80. The lowest BCUT2D eigenvalue weighted by Crippen LogP contribution is -2.54. The van der Waals surface area contributed by atoms with Crippen LogP contribution in [0.15, 0.2) is 12.7 Å². The molecule has 1 amide bonds. The minimum absolute atomic E-state index is 0.193. The van der Waals surface area contributed by atoms with Crippen LogP contribution >= 0.6 is 0 Å². The fraction of sp³-hybridized carbons (Fsp3) is 0.833. The summed E-state index contributed by atoms with van der Waals surface area (Å²) in [7, 11) is 0. The van der Waals surface area contributed by atoms with Crippen molar-refractivity contribution in [2.75, 3.05) is 6.54 Å². The van der Waals surface area contributed by atoms with Crippen LogP contribution in [0.4, 0.5) is 0 Å². The standard InChI is InChI=1S/C18H31NO/c1-4-13-18(5-2,6-3)17(20)19-14-9-11-15-10-7-8-12-16(15)19/h4,15-16H,1,5-14H2,2-3H3. The number of piperidine rings is 1. The van der Waals surface area contributed by atoms with Gasteiger partial charge in [-0.1, -0.05) is 32.8 Å². The first-order valence-electron chi connectivity index (χ1n) is 8.60. The van der Waals surface area contributed by atoms with Crippen molar-refractivity contribution in [3.63, 3.8) is 0 Å². The Morgan fingerprint density at radius 2 is 1.85 bits per heavy atom. The predicted molar refractivity (Wildman–Crippen MR) is 84.5 cm³/mol. The van der Waals surface area contributed by atoms with Crippen LogP contribution in [-0.4, -0.2) is 23.4 Å². The molecule has 0 spiro atoms. The average molecular weight is 277 g/mol. The molecule has 20 heavy (non-hydrogen) atoms. The highest BCUT2D eigenvalue weighted by Gasteiger charge is 2.43. The summed E-state index contributed by atoms with van der Waals surface area (Å²) in [6, 6.07) is 0.535. The summed E-state index contributed by atoms with van der Waals surface area (Å²) in [6.45, 7) is 9.18. The molecule has 1 saturated carbocycles. The number of fused-ring (bicyclic) bond motifs is 1. The van der Waals surface area contributed by atoms with E-state index < -0.39 is 0 Å². The van der Waals surface area contributed by atoms with E-state index in [1.807, 2.05) is 6.08 Å². The smallest absolute Gasteiger partial charge is 0.229 e. The maximum atomic E-state index is 13.2. The summed E-state index contributed by atoms with van der Waals surface area (Å²) in [4.78, 5) is 15.5. The Balaban J connectivity index is 2.18. The van der Waals surface area contributed by atoms with Gasteiger partial charge in [0.05, 0.1) is 5.41 Å². The number of likely N-dealkylation sites (tertiary alicyclic amines) is 1. The van der Waals surface area contributed by atoms with E-state index >= 15 is 0 Å². The van der Waals surface area contributed by atoms with Crippen LogP contribution in [0.2, 0.25) is 0 Å². The zero-order chi connectivity index (χ0) is 14.6. The fourth-order valence-electron chi connectivity index (χ4n) is 4.39. The van der Waals surface area contributed by atoms with Gasteiger partial charge in [0, 0.05) is 12.6 Å². The zero-order valence-corrected chi connectivity index (χ0v) is 13.4. The maximum Gasteiger partial charge on any atom is 0.229 e. The molecule has 2 fully saturated rings. The van der Waals surface area contributed by atoms with Crippen molar-refractivity contribution in [1.82, 2.24) is 4.90 Å². The Labute approximate surface area is 124 Å². The monoisotopic (exact) mass is 277 g/mol. The molecule has 1 saturated heterocycles. The Morgan fingerprint density at radius 3 is 2.50 bits per heavy atom. The summed E-state index contributed by atoms with van der Waals surface area (Å²) in [5.41, 5.74) is -0.193. The van der Waals surface area contributed by atoms with Gasteiger partial charge in [-0.25, -0.2) is 0 Å². The molecule has 0 radical (unpaired) electrons. The molecule has 2 aliphatic rings. The first-order chi connectivity index (χ1) is 9.68. The molecule has 2 unspecified atom stereocenters. The average Bonchev–Trinajstić information content (AvgIpc) is 2.51. The van der Waals surface area contributed by atoms with E-state index in [9.17, 15) is 4.79 Å². The normalized spacial score (nSPS) is 27.0. The number of carbonyl (C=O) groups is 1. The van der Waals surface area contributed by atoms with Crippen molar-refractivity contribution >= 4 is 5.91 Å². The number of rotatable bonds is 5. The summed E-state index contributed by atoms with van der Waals surface area (Å²) in [5.74, 6) is 1.19. The molecule has 2 atom stereocenters. The molecule has 114 valence electrons. The minimum atomic E-state index is -0.193. The third-order valence-electron chi connectivity index (χ3n) is 5.85.